The van der Waals surface area contributed by atoms with E-state index in [1.807, 2.05) is 38.1 Å². The Balaban J connectivity index is 1.94. The van der Waals surface area contributed by atoms with E-state index in [1.165, 1.54) is 24.0 Å². The van der Waals surface area contributed by atoms with E-state index in [2.05, 4.69) is 15.4 Å². The molecule has 0 bridgehead atoms. The minimum absolute atomic E-state index is 0.169. The fourth-order valence-electron chi connectivity index (χ4n) is 2.30. The molecule has 0 amide bonds. The van der Waals surface area contributed by atoms with Crippen LogP contribution in [0.15, 0.2) is 48.9 Å². The topological polar surface area (TPSA) is 80.0 Å². The molecule has 2 heterocycles. The largest absolute Gasteiger partial charge is 0.478 e. The molecule has 0 unspecified atom stereocenters. The second-order valence-corrected chi connectivity index (χ2v) is 5.24. The third-order valence-electron chi connectivity index (χ3n) is 3.61. The number of hydrogen-bond donors (Lipinski definition) is 2. The number of nitrogens with zero attached hydrogens (tertiary/aromatic N) is 3. The molecule has 23 heavy (non-hydrogen) atoms. The summed E-state index contributed by atoms with van der Waals surface area (Å²) in [4.78, 5) is 15.2. The maximum atomic E-state index is 11.3. The molecule has 3 aromatic rings. The van der Waals surface area contributed by atoms with E-state index in [-0.39, 0.29) is 5.56 Å². The first kappa shape index (κ1) is 14.8. The molecule has 6 heteroatoms. The predicted octanol–water partition coefficient (Wildman–Crippen LogP) is 3.33. The molecule has 0 atom stereocenters. The van der Waals surface area contributed by atoms with Crippen LogP contribution in [0.3, 0.4) is 0 Å². The van der Waals surface area contributed by atoms with Crippen LogP contribution < -0.4 is 5.32 Å². The van der Waals surface area contributed by atoms with Crippen molar-refractivity contribution >= 4 is 17.3 Å². The number of carboxylic acids is 1. The van der Waals surface area contributed by atoms with Crippen molar-refractivity contribution < 1.29 is 9.90 Å². The van der Waals surface area contributed by atoms with E-state index < -0.39 is 5.97 Å². The number of carboxylic acid groups (broad SMARTS) is 1. The Morgan fingerprint density at radius 3 is 2.52 bits per heavy atom. The lowest BCUT2D eigenvalue weighted by Gasteiger charge is -2.09. The van der Waals surface area contributed by atoms with Gasteiger partial charge in [0.15, 0.2) is 0 Å². The average Bonchev–Trinajstić information content (AvgIpc) is 2.90. The SMILES string of the molecule is Cc1ccc(-n2ncc(Nc3cnccc3C(=O)O)c2C)cc1. The van der Waals surface area contributed by atoms with Crippen molar-refractivity contribution in [3.63, 3.8) is 0 Å². The number of pyridine rings is 1. The van der Waals surface area contributed by atoms with Crippen molar-refractivity contribution in [3.05, 3.63) is 65.7 Å². The molecule has 0 aliphatic heterocycles. The van der Waals surface area contributed by atoms with Gasteiger partial charge in [-0.1, -0.05) is 17.7 Å². The molecule has 0 spiro atoms. The van der Waals surface area contributed by atoms with E-state index in [0.29, 0.717) is 5.69 Å². The van der Waals surface area contributed by atoms with Crippen LogP contribution >= 0.6 is 0 Å². The van der Waals surface area contributed by atoms with E-state index in [1.54, 1.807) is 10.9 Å². The minimum Gasteiger partial charge on any atom is -0.478 e. The Bertz CT molecular complexity index is 853. The van der Waals surface area contributed by atoms with Gasteiger partial charge >= 0.3 is 5.97 Å². The summed E-state index contributed by atoms with van der Waals surface area (Å²) in [6.07, 6.45) is 4.62. The standard InChI is InChI=1S/C17H16N4O2/c1-11-3-5-13(6-4-11)21-12(2)15(10-19-21)20-16-9-18-8-7-14(16)17(22)23/h3-10,20H,1-2H3,(H,22,23). The van der Waals surface area contributed by atoms with Gasteiger partial charge in [0.05, 0.1) is 40.7 Å². The Hall–Kier alpha value is -3.15. The van der Waals surface area contributed by atoms with Crippen molar-refractivity contribution in [1.29, 1.82) is 0 Å². The van der Waals surface area contributed by atoms with Crippen molar-refractivity contribution in [2.45, 2.75) is 13.8 Å². The summed E-state index contributed by atoms with van der Waals surface area (Å²) in [6, 6.07) is 9.49. The van der Waals surface area contributed by atoms with Gasteiger partial charge in [-0.3, -0.25) is 4.98 Å². The van der Waals surface area contributed by atoms with Crippen LogP contribution in [0.5, 0.6) is 0 Å². The maximum absolute atomic E-state index is 11.3. The summed E-state index contributed by atoms with van der Waals surface area (Å²) in [6.45, 7) is 3.95. The summed E-state index contributed by atoms with van der Waals surface area (Å²) in [7, 11) is 0. The monoisotopic (exact) mass is 308 g/mol. The predicted molar refractivity (Wildman–Crippen MR) is 87.5 cm³/mol. The first-order valence-electron chi connectivity index (χ1n) is 7.12. The molecule has 0 aliphatic carbocycles. The molecule has 0 aliphatic rings. The number of benzene rings is 1. The molecule has 0 radical (unpaired) electrons. The summed E-state index contributed by atoms with van der Waals surface area (Å²) < 4.78 is 1.80. The third kappa shape index (κ3) is 2.91. The molecule has 1 aromatic carbocycles. The molecule has 116 valence electrons. The zero-order chi connectivity index (χ0) is 16.4. The molecule has 0 saturated carbocycles. The zero-order valence-corrected chi connectivity index (χ0v) is 12.8. The van der Waals surface area contributed by atoms with Gasteiger partial charge in [0, 0.05) is 6.20 Å². The number of aromatic carboxylic acids is 1. The second-order valence-electron chi connectivity index (χ2n) is 5.24. The minimum atomic E-state index is -1.00. The van der Waals surface area contributed by atoms with Gasteiger partial charge in [-0.25, -0.2) is 9.48 Å². The van der Waals surface area contributed by atoms with Crippen molar-refractivity contribution in [2.24, 2.45) is 0 Å². The van der Waals surface area contributed by atoms with Gasteiger partial charge in [0.25, 0.3) is 0 Å². The first-order valence-corrected chi connectivity index (χ1v) is 7.12. The highest BCUT2D eigenvalue weighted by atomic mass is 16.4. The number of aromatic nitrogens is 3. The normalized spacial score (nSPS) is 10.5. The van der Waals surface area contributed by atoms with Gasteiger partial charge in [-0.2, -0.15) is 5.10 Å². The number of hydrogen-bond acceptors (Lipinski definition) is 4. The van der Waals surface area contributed by atoms with Gasteiger partial charge in [-0.05, 0) is 32.0 Å². The van der Waals surface area contributed by atoms with Crippen LogP contribution in [-0.2, 0) is 0 Å². The molecule has 3 rings (SSSR count). The van der Waals surface area contributed by atoms with Crippen LogP contribution in [0.4, 0.5) is 11.4 Å². The van der Waals surface area contributed by atoms with Crippen LogP contribution in [0, 0.1) is 13.8 Å². The summed E-state index contributed by atoms with van der Waals surface area (Å²) in [5.41, 5.74) is 4.35. The van der Waals surface area contributed by atoms with Crippen LogP contribution in [0.25, 0.3) is 5.69 Å². The fourth-order valence-corrected chi connectivity index (χ4v) is 2.30. The third-order valence-corrected chi connectivity index (χ3v) is 3.61. The lowest BCUT2D eigenvalue weighted by Crippen LogP contribution is -2.04. The molecular weight excluding hydrogens is 292 g/mol. The van der Waals surface area contributed by atoms with Crippen molar-refractivity contribution in [1.82, 2.24) is 14.8 Å². The Kier molecular flexibility index (Phi) is 3.80. The van der Waals surface area contributed by atoms with Gasteiger partial charge in [0.1, 0.15) is 0 Å². The molecule has 6 nitrogen and oxygen atoms in total. The molecular formula is C17H16N4O2. The fraction of sp³-hybridized carbons (Fsp3) is 0.118. The number of rotatable bonds is 4. The highest BCUT2D eigenvalue weighted by Gasteiger charge is 2.13. The molecule has 2 N–H and O–H groups in total. The number of anilines is 2. The molecule has 0 saturated heterocycles. The van der Waals surface area contributed by atoms with E-state index in [0.717, 1.165) is 17.1 Å². The van der Waals surface area contributed by atoms with Crippen LogP contribution in [0.1, 0.15) is 21.6 Å². The van der Waals surface area contributed by atoms with Crippen LogP contribution in [0.2, 0.25) is 0 Å². The van der Waals surface area contributed by atoms with E-state index in [9.17, 15) is 9.90 Å². The Labute approximate surface area is 133 Å². The average molecular weight is 308 g/mol. The quantitative estimate of drug-likeness (QED) is 0.773. The maximum Gasteiger partial charge on any atom is 0.337 e. The van der Waals surface area contributed by atoms with Crippen LogP contribution in [-0.4, -0.2) is 25.8 Å². The first-order chi connectivity index (χ1) is 11.1. The lowest BCUT2D eigenvalue weighted by atomic mass is 10.2. The summed E-state index contributed by atoms with van der Waals surface area (Å²) in [5.74, 6) is -1.00. The van der Waals surface area contributed by atoms with Gasteiger partial charge in [-0.15, -0.1) is 0 Å². The van der Waals surface area contributed by atoms with Gasteiger partial charge < -0.3 is 10.4 Å². The Morgan fingerprint density at radius 1 is 1.09 bits per heavy atom. The van der Waals surface area contributed by atoms with Gasteiger partial charge in [0.2, 0.25) is 0 Å². The number of carbonyl (C=O) groups is 1. The van der Waals surface area contributed by atoms with E-state index >= 15 is 0 Å². The summed E-state index contributed by atoms with van der Waals surface area (Å²) >= 11 is 0. The highest BCUT2D eigenvalue weighted by Crippen LogP contribution is 2.24. The number of nitrogens with one attached hydrogen (secondary N) is 1. The smallest absolute Gasteiger partial charge is 0.337 e. The zero-order valence-electron chi connectivity index (χ0n) is 12.8. The highest BCUT2D eigenvalue weighted by molar-refractivity contribution is 5.94. The summed E-state index contributed by atoms with van der Waals surface area (Å²) in [5, 5.41) is 16.7. The molecule has 2 aromatic heterocycles. The molecule has 0 fully saturated rings. The second kappa shape index (κ2) is 5.92. The lowest BCUT2D eigenvalue weighted by molar-refractivity contribution is 0.0698. The Morgan fingerprint density at radius 2 is 1.83 bits per heavy atom. The van der Waals surface area contributed by atoms with E-state index in [4.69, 9.17) is 0 Å². The number of aryl methyl sites for hydroxylation is 1. The van der Waals surface area contributed by atoms with Crippen molar-refractivity contribution in [3.8, 4) is 5.69 Å². The van der Waals surface area contributed by atoms with Crippen molar-refractivity contribution in [2.75, 3.05) is 5.32 Å².